The van der Waals surface area contributed by atoms with E-state index >= 15 is 0 Å². The lowest BCUT2D eigenvalue weighted by Crippen LogP contribution is -2.32. The van der Waals surface area contributed by atoms with Crippen molar-refractivity contribution >= 4 is 28.3 Å². The van der Waals surface area contributed by atoms with Crippen LogP contribution < -0.4 is 16.4 Å². The number of thiazole rings is 1. The smallest absolute Gasteiger partial charge is 0.217 e. The van der Waals surface area contributed by atoms with Gasteiger partial charge in [0.1, 0.15) is 11.5 Å². The topological polar surface area (TPSA) is 109 Å². The Bertz CT molecular complexity index is 778. The van der Waals surface area contributed by atoms with E-state index < -0.39 is 0 Å². The molecule has 0 saturated carbocycles. The molecule has 8 nitrogen and oxygen atoms in total. The van der Waals surface area contributed by atoms with E-state index in [9.17, 15) is 4.79 Å². The maximum absolute atomic E-state index is 11.0. The Labute approximate surface area is 162 Å². The number of piperidine rings is 1. The first-order chi connectivity index (χ1) is 13.1. The summed E-state index contributed by atoms with van der Waals surface area (Å²) in [6, 6.07) is 3.67. The van der Waals surface area contributed by atoms with Gasteiger partial charge in [-0.15, -0.1) is 11.3 Å². The second-order valence-electron chi connectivity index (χ2n) is 6.51. The van der Waals surface area contributed by atoms with Crippen LogP contribution in [0.15, 0.2) is 26.9 Å². The van der Waals surface area contributed by atoms with Crippen LogP contribution in [0.4, 0.5) is 5.13 Å². The number of aliphatic imine (C=N–C) groups is 1. The molecule has 3 rings (SSSR count). The summed E-state index contributed by atoms with van der Waals surface area (Å²) in [5.41, 5.74) is 6.68. The van der Waals surface area contributed by atoms with Crippen LogP contribution in [0.25, 0.3) is 11.5 Å². The van der Waals surface area contributed by atoms with E-state index in [4.69, 9.17) is 10.2 Å². The molecule has 2 aromatic heterocycles. The van der Waals surface area contributed by atoms with Gasteiger partial charge < -0.3 is 25.7 Å². The molecule has 4 N–H and O–H groups in total. The van der Waals surface area contributed by atoms with E-state index in [1.807, 2.05) is 17.5 Å². The third-order valence-corrected chi connectivity index (χ3v) is 5.07. The summed E-state index contributed by atoms with van der Waals surface area (Å²) < 4.78 is 5.71. The largest absolute Gasteiger partial charge is 0.458 e. The number of carbonyl (C=O) groups is 1. The lowest BCUT2D eigenvalue weighted by Gasteiger charge is -2.25. The number of likely N-dealkylation sites (tertiary alicyclic amines) is 1. The Morgan fingerprint density at radius 1 is 1.37 bits per heavy atom. The summed E-state index contributed by atoms with van der Waals surface area (Å²) >= 11 is 1.44. The van der Waals surface area contributed by atoms with E-state index in [0.29, 0.717) is 35.7 Å². The fraction of sp³-hybridized carbons (Fsp3) is 0.500. The normalized spacial score (nSPS) is 15.7. The average molecular weight is 391 g/mol. The van der Waals surface area contributed by atoms with Crippen molar-refractivity contribution < 1.29 is 9.21 Å². The maximum atomic E-state index is 11.0. The molecule has 146 valence electrons. The van der Waals surface area contributed by atoms with Crippen LogP contribution in [-0.4, -0.2) is 47.9 Å². The number of nitrogens with one attached hydrogen (secondary N) is 2. The van der Waals surface area contributed by atoms with E-state index in [1.54, 1.807) is 0 Å². The molecule has 0 bridgehead atoms. The van der Waals surface area contributed by atoms with Crippen molar-refractivity contribution in [3.63, 3.8) is 0 Å². The number of hydrogen-bond donors (Lipinski definition) is 3. The Morgan fingerprint density at radius 3 is 2.96 bits per heavy atom. The number of nitrogens with zero attached hydrogens (tertiary/aromatic N) is 3. The third kappa shape index (κ3) is 6.07. The molecule has 0 aliphatic carbocycles. The molecule has 0 spiro atoms. The van der Waals surface area contributed by atoms with Gasteiger partial charge in [-0.1, -0.05) is 6.42 Å². The van der Waals surface area contributed by atoms with Gasteiger partial charge in [-0.05, 0) is 38.1 Å². The van der Waals surface area contributed by atoms with Gasteiger partial charge in [0.25, 0.3) is 0 Å². The van der Waals surface area contributed by atoms with Gasteiger partial charge in [0.2, 0.25) is 5.91 Å². The number of carbonyl (C=O) groups excluding carboxylic acids is 1. The SMILES string of the molecule is CC(=O)NCc1ccc(-c2csc(NC(N)=NCCN3CCCCC3)n2)o1. The van der Waals surface area contributed by atoms with Crippen molar-refractivity contribution in [1.82, 2.24) is 15.2 Å². The van der Waals surface area contributed by atoms with Crippen molar-refractivity contribution in [2.45, 2.75) is 32.7 Å². The first kappa shape index (κ1) is 19.4. The van der Waals surface area contributed by atoms with Crippen LogP contribution in [0.1, 0.15) is 31.9 Å². The van der Waals surface area contributed by atoms with E-state index in [1.165, 1.54) is 37.5 Å². The monoisotopic (exact) mass is 390 g/mol. The van der Waals surface area contributed by atoms with Crippen LogP contribution in [0.5, 0.6) is 0 Å². The van der Waals surface area contributed by atoms with Crippen LogP contribution in [-0.2, 0) is 11.3 Å². The summed E-state index contributed by atoms with van der Waals surface area (Å²) in [5.74, 6) is 1.61. The van der Waals surface area contributed by atoms with Crippen molar-refractivity contribution in [2.24, 2.45) is 10.7 Å². The predicted molar refractivity (Wildman–Crippen MR) is 108 cm³/mol. The van der Waals surface area contributed by atoms with Gasteiger partial charge in [-0.25, -0.2) is 4.98 Å². The quantitative estimate of drug-likeness (QED) is 0.494. The highest BCUT2D eigenvalue weighted by Gasteiger charge is 2.11. The van der Waals surface area contributed by atoms with Gasteiger partial charge in [0, 0.05) is 18.8 Å². The Morgan fingerprint density at radius 2 is 2.19 bits per heavy atom. The molecular formula is C18H26N6O2S. The first-order valence-corrected chi connectivity index (χ1v) is 10.1. The zero-order chi connectivity index (χ0) is 19.1. The van der Waals surface area contributed by atoms with Crippen LogP contribution >= 0.6 is 11.3 Å². The van der Waals surface area contributed by atoms with Gasteiger partial charge in [-0.2, -0.15) is 0 Å². The number of furan rings is 1. The molecule has 1 aliphatic heterocycles. The number of amides is 1. The third-order valence-electron chi connectivity index (χ3n) is 4.31. The highest BCUT2D eigenvalue weighted by molar-refractivity contribution is 7.14. The van der Waals surface area contributed by atoms with Crippen LogP contribution in [0.3, 0.4) is 0 Å². The maximum Gasteiger partial charge on any atom is 0.217 e. The minimum atomic E-state index is -0.0943. The molecule has 27 heavy (non-hydrogen) atoms. The van der Waals surface area contributed by atoms with Gasteiger partial charge >= 0.3 is 0 Å². The first-order valence-electron chi connectivity index (χ1n) is 9.18. The summed E-state index contributed by atoms with van der Waals surface area (Å²) in [6.45, 7) is 5.77. The molecule has 3 heterocycles. The Hall–Kier alpha value is -2.39. The Balaban J connectivity index is 1.49. The molecule has 9 heteroatoms. The molecule has 0 unspecified atom stereocenters. The summed E-state index contributed by atoms with van der Waals surface area (Å²) in [5, 5.41) is 8.30. The minimum Gasteiger partial charge on any atom is -0.458 e. The molecule has 1 saturated heterocycles. The van der Waals surface area contributed by atoms with E-state index in [2.05, 4.69) is 25.5 Å². The lowest BCUT2D eigenvalue weighted by atomic mass is 10.1. The molecule has 1 aliphatic rings. The Kier molecular flexibility index (Phi) is 6.83. The van der Waals surface area contributed by atoms with Crippen molar-refractivity contribution in [3.8, 4) is 11.5 Å². The number of aromatic nitrogens is 1. The number of anilines is 1. The molecule has 1 amide bonds. The summed E-state index contributed by atoms with van der Waals surface area (Å²) in [4.78, 5) is 22.3. The molecule has 0 radical (unpaired) electrons. The van der Waals surface area contributed by atoms with Crippen molar-refractivity contribution in [3.05, 3.63) is 23.3 Å². The number of hydrogen-bond acceptors (Lipinski definition) is 6. The molecule has 0 aromatic carbocycles. The molecular weight excluding hydrogens is 364 g/mol. The van der Waals surface area contributed by atoms with Crippen LogP contribution in [0, 0.1) is 0 Å². The van der Waals surface area contributed by atoms with Gasteiger partial charge in [0.05, 0.1) is 13.1 Å². The van der Waals surface area contributed by atoms with Crippen molar-refractivity contribution in [1.29, 1.82) is 0 Å². The highest BCUT2D eigenvalue weighted by atomic mass is 32.1. The molecule has 1 fully saturated rings. The molecule has 2 aromatic rings. The number of nitrogens with two attached hydrogens (primary N) is 1. The second kappa shape index (κ2) is 9.52. The van der Waals surface area contributed by atoms with Crippen LogP contribution in [0.2, 0.25) is 0 Å². The number of rotatable bonds is 7. The molecule has 0 atom stereocenters. The standard InChI is InChI=1S/C18H26N6O2S/c1-13(25)21-11-14-5-6-16(26-14)15-12-27-18(22-15)23-17(19)20-7-10-24-8-3-2-4-9-24/h5-6,12H,2-4,7-11H2,1H3,(H,21,25)(H3,19,20,22,23). The highest BCUT2D eigenvalue weighted by Crippen LogP contribution is 2.26. The fourth-order valence-electron chi connectivity index (χ4n) is 2.91. The second-order valence-corrected chi connectivity index (χ2v) is 7.37. The zero-order valence-corrected chi connectivity index (χ0v) is 16.3. The van der Waals surface area contributed by atoms with Gasteiger partial charge in [-0.3, -0.25) is 9.79 Å². The van der Waals surface area contributed by atoms with Crippen molar-refractivity contribution in [2.75, 3.05) is 31.5 Å². The lowest BCUT2D eigenvalue weighted by molar-refractivity contribution is -0.119. The predicted octanol–water partition coefficient (Wildman–Crippen LogP) is 2.25. The van der Waals surface area contributed by atoms with Gasteiger partial charge in [0.15, 0.2) is 16.9 Å². The van der Waals surface area contributed by atoms with E-state index in [-0.39, 0.29) is 5.91 Å². The fourth-order valence-corrected chi connectivity index (χ4v) is 3.62. The van der Waals surface area contributed by atoms with E-state index in [0.717, 1.165) is 25.3 Å². The minimum absolute atomic E-state index is 0.0943. The zero-order valence-electron chi connectivity index (χ0n) is 15.5. The summed E-state index contributed by atoms with van der Waals surface area (Å²) in [6.07, 6.45) is 3.89. The average Bonchev–Trinajstić information content (AvgIpc) is 3.30. The number of guanidine groups is 1. The summed E-state index contributed by atoms with van der Waals surface area (Å²) in [7, 11) is 0.